The highest BCUT2D eigenvalue weighted by Gasteiger charge is 2.28. The normalized spacial score (nSPS) is 16.8. The highest BCUT2D eigenvalue weighted by Crippen LogP contribution is 2.26. The number of aromatic hydroxyl groups is 1. The molecule has 136 valence electrons. The maximum absolute atomic E-state index is 12.6. The number of nitrogens with zero attached hydrogens (tertiary/aromatic N) is 1. The molecule has 1 fully saturated rings. The molecule has 1 heterocycles. The number of benzene rings is 2. The number of piperidine rings is 1. The fourth-order valence-corrected chi connectivity index (χ4v) is 3.08. The van der Waals surface area contributed by atoms with Crippen LogP contribution < -0.4 is 10.6 Å². The van der Waals surface area contributed by atoms with Gasteiger partial charge in [-0.25, -0.2) is 4.79 Å². The molecular weight excluding hydrogens is 330 g/mol. The van der Waals surface area contributed by atoms with Gasteiger partial charge in [0.1, 0.15) is 5.75 Å². The third-order valence-electron chi connectivity index (χ3n) is 4.52. The van der Waals surface area contributed by atoms with Crippen molar-refractivity contribution in [2.75, 3.05) is 23.7 Å². The molecule has 1 atom stereocenters. The van der Waals surface area contributed by atoms with Crippen LogP contribution >= 0.6 is 0 Å². The second-order valence-electron chi connectivity index (χ2n) is 6.59. The van der Waals surface area contributed by atoms with Gasteiger partial charge in [-0.2, -0.15) is 0 Å². The van der Waals surface area contributed by atoms with E-state index in [-0.39, 0.29) is 23.6 Å². The minimum absolute atomic E-state index is 0.0489. The van der Waals surface area contributed by atoms with Crippen molar-refractivity contribution in [3.63, 3.8) is 0 Å². The summed E-state index contributed by atoms with van der Waals surface area (Å²) < 4.78 is 0. The number of likely N-dealkylation sites (tertiary alicyclic amines) is 1. The summed E-state index contributed by atoms with van der Waals surface area (Å²) in [5.74, 6) is -0.430. The van der Waals surface area contributed by atoms with Crippen molar-refractivity contribution in [2.45, 2.75) is 19.8 Å². The molecule has 1 aliphatic heterocycles. The molecular formula is C20H23N3O3. The molecule has 6 nitrogen and oxygen atoms in total. The number of hydrogen-bond donors (Lipinski definition) is 3. The summed E-state index contributed by atoms with van der Waals surface area (Å²) >= 11 is 0. The Labute approximate surface area is 152 Å². The third-order valence-corrected chi connectivity index (χ3v) is 4.52. The van der Waals surface area contributed by atoms with Crippen molar-refractivity contribution in [2.24, 2.45) is 5.92 Å². The minimum atomic E-state index is -0.300. The molecule has 0 unspecified atom stereocenters. The lowest BCUT2D eigenvalue weighted by Crippen LogP contribution is -2.45. The fraction of sp³-hybridized carbons (Fsp3) is 0.300. The van der Waals surface area contributed by atoms with Gasteiger partial charge in [0.2, 0.25) is 5.91 Å². The number of amides is 3. The number of rotatable bonds is 3. The number of aryl methyl sites for hydroxylation is 1. The number of phenolic OH excluding ortho intramolecular Hbond substituents is 1. The van der Waals surface area contributed by atoms with Crippen LogP contribution in [-0.2, 0) is 4.79 Å². The summed E-state index contributed by atoms with van der Waals surface area (Å²) in [5.41, 5.74) is 2.04. The van der Waals surface area contributed by atoms with Crippen LogP contribution in [0.25, 0.3) is 0 Å². The van der Waals surface area contributed by atoms with Crippen molar-refractivity contribution in [1.82, 2.24) is 4.90 Å². The monoisotopic (exact) mass is 353 g/mol. The first-order valence-electron chi connectivity index (χ1n) is 8.74. The average molecular weight is 353 g/mol. The summed E-state index contributed by atoms with van der Waals surface area (Å²) in [6.45, 7) is 2.85. The molecule has 0 aromatic heterocycles. The van der Waals surface area contributed by atoms with E-state index >= 15 is 0 Å². The Kier molecular flexibility index (Phi) is 5.41. The van der Waals surface area contributed by atoms with Gasteiger partial charge in [-0.15, -0.1) is 0 Å². The highest BCUT2D eigenvalue weighted by molar-refractivity contribution is 5.95. The molecule has 2 aromatic rings. The van der Waals surface area contributed by atoms with E-state index in [1.807, 2.05) is 43.3 Å². The summed E-state index contributed by atoms with van der Waals surface area (Å²) in [6, 6.07) is 14.2. The topological polar surface area (TPSA) is 81.7 Å². The van der Waals surface area contributed by atoms with Gasteiger partial charge >= 0.3 is 6.03 Å². The maximum Gasteiger partial charge on any atom is 0.321 e. The number of carbonyl (C=O) groups excluding carboxylic acids is 2. The van der Waals surface area contributed by atoms with Crippen LogP contribution in [0.4, 0.5) is 16.2 Å². The largest absolute Gasteiger partial charge is 0.506 e. The first-order chi connectivity index (χ1) is 12.5. The van der Waals surface area contributed by atoms with E-state index in [2.05, 4.69) is 10.6 Å². The highest BCUT2D eigenvalue weighted by atomic mass is 16.3. The first kappa shape index (κ1) is 17.8. The molecule has 0 aliphatic carbocycles. The van der Waals surface area contributed by atoms with Crippen LogP contribution in [0.15, 0.2) is 48.5 Å². The number of carbonyl (C=O) groups is 2. The van der Waals surface area contributed by atoms with Gasteiger partial charge in [-0.1, -0.05) is 24.3 Å². The van der Waals surface area contributed by atoms with Crippen molar-refractivity contribution < 1.29 is 14.7 Å². The molecule has 0 saturated carbocycles. The number of phenols is 1. The Morgan fingerprint density at radius 2 is 1.88 bits per heavy atom. The van der Waals surface area contributed by atoms with E-state index in [1.54, 1.807) is 17.0 Å². The van der Waals surface area contributed by atoms with Gasteiger partial charge in [-0.05, 0) is 49.6 Å². The molecule has 1 saturated heterocycles. The maximum atomic E-state index is 12.6. The number of anilines is 2. The number of urea groups is 1. The zero-order valence-corrected chi connectivity index (χ0v) is 14.7. The fourth-order valence-electron chi connectivity index (χ4n) is 3.08. The second-order valence-corrected chi connectivity index (χ2v) is 6.59. The van der Waals surface area contributed by atoms with Crippen molar-refractivity contribution in [3.8, 4) is 5.75 Å². The summed E-state index contributed by atoms with van der Waals surface area (Å²) in [7, 11) is 0. The van der Waals surface area contributed by atoms with Gasteiger partial charge in [0.05, 0.1) is 11.6 Å². The van der Waals surface area contributed by atoms with E-state index < -0.39 is 0 Å². The Bertz CT molecular complexity index is 792. The zero-order chi connectivity index (χ0) is 18.5. The van der Waals surface area contributed by atoms with Crippen molar-refractivity contribution in [3.05, 3.63) is 54.1 Å². The number of nitrogens with one attached hydrogen (secondary N) is 2. The predicted octanol–water partition coefficient (Wildman–Crippen LogP) is 3.58. The Hall–Kier alpha value is -3.02. The standard InChI is InChI=1S/C20H23N3O3/c1-14-9-10-17(18(24)12-14)22-19(25)15-6-5-11-23(13-15)20(26)21-16-7-3-2-4-8-16/h2-4,7-10,12,15,24H,5-6,11,13H2,1H3,(H,21,26)(H,22,25)/t15-/m1/s1. The summed E-state index contributed by atoms with van der Waals surface area (Å²) in [5, 5.41) is 15.6. The Morgan fingerprint density at radius 3 is 2.62 bits per heavy atom. The van der Waals surface area contributed by atoms with E-state index in [9.17, 15) is 14.7 Å². The van der Waals surface area contributed by atoms with Crippen molar-refractivity contribution >= 4 is 23.3 Å². The van der Waals surface area contributed by atoms with Gasteiger partial charge < -0.3 is 20.6 Å². The first-order valence-corrected chi connectivity index (χ1v) is 8.74. The van der Waals surface area contributed by atoms with Gasteiger partial charge in [0.25, 0.3) is 0 Å². The van der Waals surface area contributed by atoms with Gasteiger partial charge in [-0.3, -0.25) is 4.79 Å². The molecule has 0 spiro atoms. The minimum Gasteiger partial charge on any atom is -0.506 e. The van der Waals surface area contributed by atoms with Crippen LogP contribution in [0.2, 0.25) is 0 Å². The van der Waals surface area contributed by atoms with E-state index in [1.165, 1.54) is 0 Å². The Balaban J connectivity index is 1.60. The van der Waals surface area contributed by atoms with Crippen LogP contribution in [-0.4, -0.2) is 35.0 Å². The molecule has 6 heteroatoms. The predicted molar refractivity (Wildman–Crippen MR) is 101 cm³/mol. The van der Waals surface area contributed by atoms with Crippen LogP contribution in [0.5, 0.6) is 5.75 Å². The van der Waals surface area contributed by atoms with Gasteiger partial charge in [0, 0.05) is 18.8 Å². The van der Waals surface area contributed by atoms with Crippen LogP contribution in [0, 0.1) is 12.8 Å². The molecule has 2 aromatic carbocycles. The zero-order valence-electron chi connectivity index (χ0n) is 14.7. The summed E-state index contributed by atoms with van der Waals surface area (Å²) in [4.78, 5) is 26.6. The summed E-state index contributed by atoms with van der Waals surface area (Å²) in [6.07, 6.45) is 1.48. The quantitative estimate of drug-likeness (QED) is 0.738. The lowest BCUT2D eigenvalue weighted by molar-refractivity contribution is -0.121. The number of hydrogen-bond acceptors (Lipinski definition) is 3. The molecule has 26 heavy (non-hydrogen) atoms. The molecule has 0 radical (unpaired) electrons. The lowest BCUT2D eigenvalue weighted by Gasteiger charge is -2.32. The smallest absolute Gasteiger partial charge is 0.321 e. The third kappa shape index (κ3) is 4.33. The lowest BCUT2D eigenvalue weighted by atomic mass is 9.97. The molecule has 1 aliphatic rings. The molecule has 3 rings (SSSR count). The number of para-hydroxylation sites is 1. The molecule has 0 bridgehead atoms. The van der Waals surface area contributed by atoms with E-state index in [0.717, 1.165) is 17.7 Å². The van der Waals surface area contributed by atoms with Gasteiger partial charge in [0.15, 0.2) is 0 Å². The average Bonchev–Trinajstić information content (AvgIpc) is 2.65. The molecule has 3 amide bonds. The van der Waals surface area contributed by atoms with E-state index in [0.29, 0.717) is 25.2 Å². The SMILES string of the molecule is Cc1ccc(NC(=O)[C@@H]2CCCN(C(=O)Nc3ccccc3)C2)c(O)c1. The van der Waals surface area contributed by atoms with E-state index in [4.69, 9.17) is 0 Å². The van der Waals surface area contributed by atoms with Crippen molar-refractivity contribution in [1.29, 1.82) is 0 Å². The van der Waals surface area contributed by atoms with Crippen LogP contribution in [0.3, 0.4) is 0 Å². The Morgan fingerprint density at radius 1 is 1.12 bits per heavy atom. The second kappa shape index (κ2) is 7.91. The van der Waals surface area contributed by atoms with Crippen LogP contribution in [0.1, 0.15) is 18.4 Å². The molecule has 3 N–H and O–H groups in total.